The van der Waals surface area contributed by atoms with Crippen molar-refractivity contribution in [3.63, 3.8) is 0 Å². The van der Waals surface area contributed by atoms with Crippen molar-refractivity contribution < 1.29 is 23.0 Å². The molecule has 0 heterocycles. The highest BCUT2D eigenvalue weighted by Gasteiger charge is 2.19. The van der Waals surface area contributed by atoms with Crippen LogP contribution in [0.15, 0.2) is 12.1 Å². The molecule has 0 atom stereocenters. The number of halogens is 3. The highest BCUT2D eigenvalue weighted by Crippen LogP contribution is 2.21. The van der Waals surface area contributed by atoms with Crippen molar-refractivity contribution in [3.8, 4) is 5.75 Å². The molecule has 0 saturated heterocycles. The van der Waals surface area contributed by atoms with Crippen molar-refractivity contribution in [1.82, 2.24) is 0 Å². The number of carbonyl (C=O) groups is 1. The van der Waals surface area contributed by atoms with Crippen LogP contribution in [-0.2, 0) is 4.74 Å². The molecular weight excluding hydrogens is 274 g/mol. The van der Waals surface area contributed by atoms with Crippen LogP contribution in [0.2, 0.25) is 0 Å². The number of alkyl halides is 1. The molecule has 0 aromatic heterocycles. The van der Waals surface area contributed by atoms with Crippen molar-refractivity contribution in [2.45, 2.75) is 0 Å². The van der Waals surface area contributed by atoms with E-state index >= 15 is 0 Å². The van der Waals surface area contributed by atoms with E-state index in [2.05, 4.69) is 20.7 Å². The fourth-order valence-corrected chi connectivity index (χ4v) is 1.26. The van der Waals surface area contributed by atoms with Gasteiger partial charge in [0.2, 0.25) is 0 Å². The first-order valence-corrected chi connectivity index (χ1v) is 4.98. The molecule has 3 nitrogen and oxygen atoms in total. The standard InChI is InChI=1S/C9H7BrF2O3/c1-14-9(13)8-6(11)2-5(15-4-10)3-7(8)12/h2-3H,4H2,1H3. The van der Waals surface area contributed by atoms with E-state index in [1.807, 2.05) is 0 Å². The van der Waals surface area contributed by atoms with Gasteiger partial charge in [-0.3, -0.25) is 0 Å². The maximum absolute atomic E-state index is 13.2. The highest BCUT2D eigenvalue weighted by molar-refractivity contribution is 9.09. The Balaban J connectivity index is 3.15. The molecule has 0 bridgehead atoms. The van der Waals surface area contributed by atoms with Crippen LogP contribution in [0, 0.1) is 11.6 Å². The highest BCUT2D eigenvalue weighted by atomic mass is 79.9. The Bertz CT molecular complexity index is 359. The van der Waals surface area contributed by atoms with Gasteiger partial charge in [0, 0.05) is 12.1 Å². The number of carbonyl (C=O) groups excluding carboxylic acids is 1. The Morgan fingerprint density at radius 1 is 1.40 bits per heavy atom. The van der Waals surface area contributed by atoms with Crippen LogP contribution in [0.3, 0.4) is 0 Å². The quantitative estimate of drug-likeness (QED) is 0.630. The third kappa shape index (κ3) is 2.65. The minimum absolute atomic E-state index is 0.00507. The van der Waals surface area contributed by atoms with E-state index in [1.54, 1.807) is 0 Å². The summed E-state index contributed by atoms with van der Waals surface area (Å²) >= 11 is 2.94. The fourth-order valence-electron chi connectivity index (χ4n) is 0.993. The predicted octanol–water partition coefficient (Wildman–Crippen LogP) is 2.48. The minimum atomic E-state index is -1.06. The van der Waals surface area contributed by atoms with Gasteiger partial charge in [0.1, 0.15) is 28.5 Å². The van der Waals surface area contributed by atoms with Crippen LogP contribution < -0.4 is 4.74 Å². The Morgan fingerprint density at radius 3 is 2.33 bits per heavy atom. The molecule has 1 aromatic carbocycles. The summed E-state index contributed by atoms with van der Waals surface area (Å²) in [7, 11) is 1.05. The predicted molar refractivity (Wildman–Crippen MR) is 52.1 cm³/mol. The number of ether oxygens (including phenoxy) is 2. The van der Waals surface area contributed by atoms with Crippen LogP contribution in [-0.4, -0.2) is 18.6 Å². The monoisotopic (exact) mass is 280 g/mol. The molecule has 0 N–H and O–H groups in total. The summed E-state index contributed by atoms with van der Waals surface area (Å²) in [6.07, 6.45) is 0. The summed E-state index contributed by atoms with van der Waals surface area (Å²) in [4.78, 5) is 11.0. The lowest BCUT2D eigenvalue weighted by molar-refractivity contribution is 0.0589. The largest absolute Gasteiger partial charge is 0.482 e. The SMILES string of the molecule is COC(=O)c1c(F)cc(OCBr)cc1F. The number of hydrogen-bond acceptors (Lipinski definition) is 3. The number of rotatable bonds is 3. The molecule has 0 fully saturated rings. The van der Waals surface area contributed by atoms with Crippen molar-refractivity contribution in [2.24, 2.45) is 0 Å². The molecule has 82 valence electrons. The van der Waals surface area contributed by atoms with Crippen LogP contribution in [0.4, 0.5) is 8.78 Å². The molecule has 1 aromatic rings. The molecule has 0 saturated carbocycles. The molecule has 15 heavy (non-hydrogen) atoms. The molecule has 0 radical (unpaired) electrons. The maximum atomic E-state index is 13.2. The van der Waals surface area contributed by atoms with E-state index in [4.69, 9.17) is 4.74 Å². The molecule has 0 unspecified atom stereocenters. The summed E-state index contributed by atoms with van der Waals surface area (Å²) in [5.74, 6) is -3.10. The number of hydrogen-bond donors (Lipinski definition) is 0. The lowest BCUT2D eigenvalue weighted by Crippen LogP contribution is -2.08. The van der Waals surface area contributed by atoms with Gasteiger partial charge in [0.25, 0.3) is 0 Å². The van der Waals surface area contributed by atoms with Crippen LogP contribution in [0.5, 0.6) is 5.75 Å². The number of methoxy groups -OCH3 is 1. The van der Waals surface area contributed by atoms with Crippen LogP contribution in [0.1, 0.15) is 10.4 Å². The Morgan fingerprint density at radius 2 is 1.93 bits per heavy atom. The van der Waals surface area contributed by atoms with E-state index < -0.39 is 23.2 Å². The molecular formula is C9H7BrF2O3. The third-order valence-corrected chi connectivity index (χ3v) is 1.86. The van der Waals surface area contributed by atoms with E-state index in [9.17, 15) is 13.6 Å². The third-order valence-electron chi connectivity index (χ3n) is 1.63. The van der Waals surface area contributed by atoms with Gasteiger partial charge in [0.15, 0.2) is 0 Å². The van der Waals surface area contributed by atoms with E-state index in [0.29, 0.717) is 0 Å². The zero-order valence-electron chi connectivity index (χ0n) is 7.72. The summed E-state index contributed by atoms with van der Waals surface area (Å²) in [6.45, 7) is 0. The maximum Gasteiger partial charge on any atom is 0.343 e. The van der Waals surface area contributed by atoms with Crippen molar-refractivity contribution >= 4 is 21.9 Å². The lowest BCUT2D eigenvalue weighted by Gasteiger charge is -2.06. The topological polar surface area (TPSA) is 35.5 Å². The molecule has 1 rings (SSSR count). The molecule has 0 aliphatic carbocycles. The van der Waals surface area contributed by atoms with E-state index in [0.717, 1.165) is 19.2 Å². The second-order valence-corrected chi connectivity index (χ2v) is 2.96. The van der Waals surface area contributed by atoms with E-state index in [1.165, 1.54) is 0 Å². The first-order valence-electron chi connectivity index (χ1n) is 3.86. The normalized spacial score (nSPS) is 9.87. The molecule has 0 aliphatic rings. The zero-order valence-corrected chi connectivity index (χ0v) is 9.31. The van der Waals surface area contributed by atoms with Crippen molar-refractivity contribution in [1.29, 1.82) is 0 Å². The summed E-state index contributed by atoms with van der Waals surface area (Å²) in [5.41, 5.74) is -0.622. The van der Waals surface area contributed by atoms with Gasteiger partial charge < -0.3 is 9.47 Å². The molecule has 0 spiro atoms. The van der Waals surface area contributed by atoms with Gasteiger partial charge in [-0.25, -0.2) is 13.6 Å². The van der Waals surface area contributed by atoms with Crippen LogP contribution >= 0.6 is 15.9 Å². The molecule has 0 aliphatic heterocycles. The van der Waals surface area contributed by atoms with Crippen molar-refractivity contribution in [3.05, 3.63) is 29.3 Å². The van der Waals surface area contributed by atoms with Gasteiger partial charge in [-0.05, 0) is 15.9 Å². The second-order valence-electron chi connectivity index (χ2n) is 2.51. The van der Waals surface area contributed by atoms with Crippen molar-refractivity contribution in [2.75, 3.05) is 12.6 Å². The van der Waals surface area contributed by atoms with E-state index in [-0.39, 0.29) is 11.3 Å². The average Bonchev–Trinajstić information content (AvgIpc) is 2.16. The number of benzene rings is 1. The van der Waals surface area contributed by atoms with Crippen LogP contribution in [0.25, 0.3) is 0 Å². The zero-order chi connectivity index (χ0) is 11.4. The Labute approximate surface area is 93.1 Å². The first-order chi connectivity index (χ1) is 7.10. The van der Waals surface area contributed by atoms with Gasteiger partial charge in [-0.15, -0.1) is 0 Å². The number of esters is 1. The van der Waals surface area contributed by atoms with Gasteiger partial charge in [-0.2, -0.15) is 0 Å². The fraction of sp³-hybridized carbons (Fsp3) is 0.222. The van der Waals surface area contributed by atoms with Gasteiger partial charge >= 0.3 is 5.97 Å². The summed E-state index contributed by atoms with van der Waals surface area (Å²) < 4.78 is 35.5. The second kappa shape index (κ2) is 5.06. The first kappa shape index (κ1) is 11.9. The minimum Gasteiger partial charge on any atom is -0.482 e. The van der Waals surface area contributed by atoms with Gasteiger partial charge in [-0.1, -0.05) is 0 Å². The molecule has 6 heteroatoms. The summed E-state index contributed by atoms with van der Waals surface area (Å²) in [5, 5.41) is 0. The van der Waals surface area contributed by atoms with Gasteiger partial charge in [0.05, 0.1) is 7.11 Å². The Kier molecular flexibility index (Phi) is 4.02. The molecule has 0 amide bonds. The Hall–Kier alpha value is -1.17. The smallest absolute Gasteiger partial charge is 0.343 e. The summed E-state index contributed by atoms with van der Waals surface area (Å²) in [6, 6.07) is 1.83. The lowest BCUT2D eigenvalue weighted by atomic mass is 10.2. The average molecular weight is 281 g/mol.